The molecule has 1 aromatic heterocycles. The molecule has 2 rings (SSSR count). The fourth-order valence-corrected chi connectivity index (χ4v) is 3.93. The number of carbonyl (C=O) groups is 1. The van der Waals surface area contributed by atoms with Crippen molar-refractivity contribution in [3.63, 3.8) is 0 Å². The van der Waals surface area contributed by atoms with Crippen molar-refractivity contribution in [3.05, 3.63) is 39.3 Å². The molecule has 1 aromatic carbocycles. The van der Waals surface area contributed by atoms with Crippen molar-refractivity contribution >= 4 is 33.2 Å². The Morgan fingerprint density at radius 3 is 2.73 bits per heavy atom. The molecular formula is C16H20BrN3OS. The average Bonchev–Trinajstić information content (AvgIpc) is 2.80. The number of hydrogen-bond acceptors (Lipinski definition) is 4. The van der Waals surface area contributed by atoms with Gasteiger partial charge in [0.05, 0.1) is 16.6 Å². The van der Waals surface area contributed by atoms with E-state index in [2.05, 4.69) is 26.2 Å². The molecule has 6 heteroatoms. The summed E-state index contributed by atoms with van der Waals surface area (Å²) in [5.41, 5.74) is 7.67. The Kier molecular flexibility index (Phi) is 5.72. The molecule has 2 unspecified atom stereocenters. The van der Waals surface area contributed by atoms with E-state index in [1.165, 1.54) is 0 Å². The minimum Gasteiger partial charge on any atom is -0.349 e. The van der Waals surface area contributed by atoms with Crippen LogP contribution in [0.15, 0.2) is 28.7 Å². The van der Waals surface area contributed by atoms with E-state index in [9.17, 15) is 4.79 Å². The molecule has 0 aliphatic rings. The summed E-state index contributed by atoms with van der Waals surface area (Å²) in [6, 6.07) is 7.80. The normalized spacial score (nSPS) is 13.7. The van der Waals surface area contributed by atoms with Crippen molar-refractivity contribution in [1.29, 1.82) is 0 Å². The third-order valence-corrected chi connectivity index (χ3v) is 5.28. The van der Waals surface area contributed by atoms with Gasteiger partial charge < -0.3 is 11.1 Å². The van der Waals surface area contributed by atoms with E-state index in [-0.39, 0.29) is 18.0 Å². The van der Waals surface area contributed by atoms with Crippen LogP contribution in [0.4, 0.5) is 0 Å². The van der Waals surface area contributed by atoms with Crippen LogP contribution in [0.2, 0.25) is 0 Å². The predicted octanol–water partition coefficient (Wildman–Crippen LogP) is 3.80. The first kappa shape index (κ1) is 17.1. The van der Waals surface area contributed by atoms with Gasteiger partial charge in [0.1, 0.15) is 5.01 Å². The van der Waals surface area contributed by atoms with E-state index in [1.54, 1.807) is 11.3 Å². The SMILES string of the molecule is Cc1nc(-c2ccccc2Br)sc1C(C)NC(=O)CC(C)N. The third kappa shape index (κ3) is 4.15. The maximum atomic E-state index is 11.9. The number of aromatic nitrogens is 1. The van der Waals surface area contributed by atoms with Gasteiger partial charge in [-0.3, -0.25) is 4.79 Å². The van der Waals surface area contributed by atoms with Crippen LogP contribution in [0.1, 0.15) is 36.9 Å². The molecule has 0 aliphatic carbocycles. The van der Waals surface area contributed by atoms with Gasteiger partial charge in [0.25, 0.3) is 0 Å². The molecule has 2 aromatic rings. The second-order valence-corrected chi connectivity index (χ2v) is 7.30. The maximum absolute atomic E-state index is 11.9. The second-order valence-electron chi connectivity index (χ2n) is 5.42. The molecule has 4 nitrogen and oxygen atoms in total. The first-order chi connectivity index (χ1) is 10.4. The van der Waals surface area contributed by atoms with Gasteiger partial charge in [-0.2, -0.15) is 0 Å². The van der Waals surface area contributed by atoms with E-state index in [4.69, 9.17) is 5.73 Å². The van der Waals surface area contributed by atoms with Crippen molar-refractivity contribution in [2.24, 2.45) is 5.73 Å². The minimum atomic E-state index is -0.134. The summed E-state index contributed by atoms with van der Waals surface area (Å²) in [4.78, 5) is 17.6. The number of amides is 1. The van der Waals surface area contributed by atoms with E-state index >= 15 is 0 Å². The summed E-state index contributed by atoms with van der Waals surface area (Å²) in [5, 5.41) is 3.94. The molecule has 1 heterocycles. The number of rotatable bonds is 5. The first-order valence-electron chi connectivity index (χ1n) is 7.15. The van der Waals surface area contributed by atoms with Crippen molar-refractivity contribution in [1.82, 2.24) is 10.3 Å². The molecule has 0 radical (unpaired) electrons. The van der Waals surface area contributed by atoms with Gasteiger partial charge in [-0.1, -0.05) is 34.1 Å². The lowest BCUT2D eigenvalue weighted by Gasteiger charge is -2.13. The topological polar surface area (TPSA) is 68.0 Å². The molecule has 1 amide bonds. The Morgan fingerprint density at radius 2 is 2.09 bits per heavy atom. The molecule has 0 bridgehead atoms. The Hall–Kier alpha value is -1.24. The van der Waals surface area contributed by atoms with Crippen molar-refractivity contribution in [2.75, 3.05) is 0 Å². The number of thiazole rings is 1. The highest BCUT2D eigenvalue weighted by atomic mass is 79.9. The molecule has 0 fully saturated rings. The van der Waals surface area contributed by atoms with Crippen LogP contribution >= 0.6 is 27.3 Å². The van der Waals surface area contributed by atoms with Gasteiger partial charge in [-0.15, -0.1) is 11.3 Å². The number of carbonyl (C=O) groups excluding carboxylic acids is 1. The summed E-state index contributed by atoms with van der Waals surface area (Å²) in [7, 11) is 0. The lowest BCUT2D eigenvalue weighted by molar-refractivity contribution is -0.121. The van der Waals surface area contributed by atoms with Crippen molar-refractivity contribution < 1.29 is 4.79 Å². The molecule has 0 spiro atoms. The molecule has 0 saturated heterocycles. The molecule has 3 N–H and O–H groups in total. The van der Waals surface area contributed by atoms with Crippen LogP contribution in [0.5, 0.6) is 0 Å². The van der Waals surface area contributed by atoms with E-state index in [0.29, 0.717) is 6.42 Å². The zero-order valence-electron chi connectivity index (χ0n) is 12.9. The van der Waals surface area contributed by atoms with Crippen LogP contribution in [-0.4, -0.2) is 16.9 Å². The summed E-state index contributed by atoms with van der Waals surface area (Å²) in [5.74, 6) is -0.0299. The predicted molar refractivity (Wildman–Crippen MR) is 94.8 cm³/mol. The highest BCUT2D eigenvalue weighted by Gasteiger charge is 2.18. The number of aryl methyl sites for hydroxylation is 1. The Labute approximate surface area is 143 Å². The molecule has 22 heavy (non-hydrogen) atoms. The van der Waals surface area contributed by atoms with Gasteiger partial charge >= 0.3 is 0 Å². The lowest BCUT2D eigenvalue weighted by atomic mass is 10.2. The highest BCUT2D eigenvalue weighted by Crippen LogP contribution is 2.35. The summed E-state index contributed by atoms with van der Waals surface area (Å²) >= 11 is 5.16. The molecule has 2 atom stereocenters. The Balaban J connectivity index is 2.19. The average molecular weight is 382 g/mol. The van der Waals surface area contributed by atoms with Gasteiger partial charge in [0.15, 0.2) is 0 Å². The fraction of sp³-hybridized carbons (Fsp3) is 0.375. The first-order valence-corrected chi connectivity index (χ1v) is 8.76. The number of halogens is 1. The number of hydrogen-bond donors (Lipinski definition) is 2. The van der Waals surface area contributed by atoms with E-state index in [0.717, 1.165) is 25.6 Å². The largest absolute Gasteiger partial charge is 0.349 e. The van der Waals surface area contributed by atoms with Crippen LogP contribution < -0.4 is 11.1 Å². The Bertz CT molecular complexity index is 669. The number of nitrogens with one attached hydrogen (secondary N) is 1. The maximum Gasteiger partial charge on any atom is 0.222 e. The number of nitrogens with zero attached hydrogens (tertiary/aromatic N) is 1. The van der Waals surface area contributed by atoms with Gasteiger partial charge in [0, 0.05) is 22.5 Å². The fourth-order valence-electron chi connectivity index (χ4n) is 2.22. The summed E-state index contributed by atoms with van der Waals surface area (Å²) in [6.07, 6.45) is 0.333. The molecule has 0 aliphatic heterocycles. The smallest absolute Gasteiger partial charge is 0.222 e. The second kappa shape index (κ2) is 7.35. The van der Waals surface area contributed by atoms with Gasteiger partial charge in [-0.25, -0.2) is 4.98 Å². The number of benzene rings is 1. The van der Waals surface area contributed by atoms with E-state index in [1.807, 2.05) is 45.0 Å². The zero-order chi connectivity index (χ0) is 16.3. The van der Waals surface area contributed by atoms with Gasteiger partial charge in [-0.05, 0) is 26.8 Å². The number of nitrogens with two attached hydrogens (primary N) is 1. The lowest BCUT2D eigenvalue weighted by Crippen LogP contribution is -2.31. The molecule has 118 valence electrons. The summed E-state index contributed by atoms with van der Waals surface area (Å²) in [6.45, 7) is 5.77. The summed E-state index contributed by atoms with van der Waals surface area (Å²) < 4.78 is 1.02. The van der Waals surface area contributed by atoms with Gasteiger partial charge in [0.2, 0.25) is 5.91 Å². The van der Waals surface area contributed by atoms with Crippen LogP contribution in [0.25, 0.3) is 10.6 Å². The van der Waals surface area contributed by atoms with Crippen LogP contribution in [0, 0.1) is 6.92 Å². The van der Waals surface area contributed by atoms with Crippen molar-refractivity contribution in [2.45, 2.75) is 39.3 Å². The molecular weight excluding hydrogens is 362 g/mol. The Morgan fingerprint density at radius 1 is 1.41 bits per heavy atom. The van der Waals surface area contributed by atoms with Crippen LogP contribution in [0.3, 0.4) is 0 Å². The zero-order valence-corrected chi connectivity index (χ0v) is 15.3. The van der Waals surface area contributed by atoms with Crippen molar-refractivity contribution in [3.8, 4) is 10.6 Å². The van der Waals surface area contributed by atoms with E-state index < -0.39 is 0 Å². The quantitative estimate of drug-likeness (QED) is 0.827. The minimum absolute atomic E-state index is 0.0299. The highest BCUT2D eigenvalue weighted by molar-refractivity contribution is 9.10. The molecule has 0 saturated carbocycles. The monoisotopic (exact) mass is 381 g/mol. The van der Waals surface area contributed by atoms with Crippen LogP contribution in [-0.2, 0) is 4.79 Å². The third-order valence-electron chi connectivity index (χ3n) is 3.21. The standard InChI is InChI=1S/C16H20BrN3OS/c1-9(18)8-14(21)19-10(2)15-11(3)20-16(22-15)12-6-4-5-7-13(12)17/h4-7,9-10H,8,18H2,1-3H3,(H,19,21).